The maximum Gasteiger partial charge on any atom is 0.319 e. The summed E-state index contributed by atoms with van der Waals surface area (Å²) in [7, 11) is 0. The third-order valence-electron chi connectivity index (χ3n) is 4.03. The molecule has 1 aromatic rings. The number of benzene rings is 1. The Morgan fingerprint density at radius 1 is 1.40 bits per heavy atom. The highest BCUT2D eigenvalue weighted by atomic mass is 16.5. The maximum absolute atomic E-state index is 12.0. The summed E-state index contributed by atoms with van der Waals surface area (Å²) in [5.41, 5.74) is 1.72. The van der Waals surface area contributed by atoms with E-state index in [1.54, 1.807) is 0 Å². The van der Waals surface area contributed by atoms with Gasteiger partial charge < -0.3 is 15.4 Å². The van der Waals surface area contributed by atoms with Crippen LogP contribution in [0.4, 0.5) is 10.5 Å². The van der Waals surface area contributed by atoms with E-state index in [9.17, 15) is 4.79 Å². The van der Waals surface area contributed by atoms with Crippen LogP contribution in [0.5, 0.6) is 5.75 Å². The lowest BCUT2D eigenvalue weighted by Gasteiger charge is -2.19. The van der Waals surface area contributed by atoms with Crippen molar-refractivity contribution < 1.29 is 9.53 Å². The molecule has 1 fully saturated rings. The molecular weight excluding hydrogens is 252 g/mol. The number of hydrogen-bond donors (Lipinski definition) is 2. The fourth-order valence-corrected chi connectivity index (χ4v) is 2.79. The fraction of sp³-hybridized carbons (Fsp3) is 0.562. The predicted octanol–water partition coefficient (Wildman–Crippen LogP) is 3.32. The lowest BCUT2D eigenvalue weighted by atomic mass is 10.0. The van der Waals surface area contributed by atoms with Crippen molar-refractivity contribution >= 4 is 11.7 Å². The van der Waals surface area contributed by atoms with Gasteiger partial charge in [0, 0.05) is 18.0 Å². The van der Waals surface area contributed by atoms with Gasteiger partial charge >= 0.3 is 6.03 Å². The van der Waals surface area contributed by atoms with E-state index in [0.717, 1.165) is 23.4 Å². The molecule has 0 saturated heterocycles. The van der Waals surface area contributed by atoms with Crippen LogP contribution in [0.3, 0.4) is 0 Å². The summed E-state index contributed by atoms with van der Waals surface area (Å²) in [4.78, 5) is 12.0. The van der Waals surface area contributed by atoms with E-state index < -0.39 is 0 Å². The predicted molar refractivity (Wildman–Crippen MR) is 79.2 cm³/mol. The summed E-state index contributed by atoms with van der Waals surface area (Å²) < 4.78 is 5.95. The zero-order valence-electron chi connectivity index (χ0n) is 12.3. The average molecular weight is 274 g/mol. The van der Waals surface area contributed by atoms with Gasteiger partial charge in [-0.2, -0.15) is 0 Å². The molecule has 4 nitrogen and oxygen atoms in total. The summed E-state index contributed by atoms with van der Waals surface area (Å²) in [6.07, 6.45) is 3.32. The van der Waals surface area contributed by atoms with Crippen molar-refractivity contribution in [3.63, 3.8) is 0 Å². The molecule has 2 aliphatic rings. The Labute approximate surface area is 119 Å². The van der Waals surface area contributed by atoms with Crippen molar-refractivity contribution in [3.05, 3.63) is 23.8 Å². The number of rotatable bonds is 3. The Balaban J connectivity index is 1.69. The minimum atomic E-state index is -0.197. The van der Waals surface area contributed by atoms with Crippen molar-refractivity contribution in [2.45, 2.75) is 51.7 Å². The Morgan fingerprint density at radius 2 is 2.15 bits per heavy atom. The van der Waals surface area contributed by atoms with Gasteiger partial charge in [-0.15, -0.1) is 0 Å². The number of ether oxygens (including phenoxy) is 1. The summed E-state index contributed by atoms with van der Waals surface area (Å²) in [6.45, 7) is 6.18. The van der Waals surface area contributed by atoms with Crippen LogP contribution >= 0.6 is 0 Å². The van der Waals surface area contributed by atoms with Gasteiger partial charge in [0.05, 0.1) is 5.69 Å². The van der Waals surface area contributed by atoms with Gasteiger partial charge in [0.15, 0.2) is 0 Å². The first-order valence-electron chi connectivity index (χ1n) is 7.33. The van der Waals surface area contributed by atoms with Gasteiger partial charge in [0.2, 0.25) is 0 Å². The molecule has 3 rings (SSSR count). The fourth-order valence-electron chi connectivity index (χ4n) is 2.79. The summed E-state index contributed by atoms with van der Waals surface area (Å²) in [6, 6.07) is 6.00. The monoisotopic (exact) mass is 274 g/mol. The third kappa shape index (κ3) is 2.74. The minimum absolute atomic E-state index is 0.147. The van der Waals surface area contributed by atoms with Gasteiger partial charge in [-0.3, -0.25) is 0 Å². The number of fused-ring (bicyclic) bond motifs is 1. The number of urea groups is 1. The Kier molecular flexibility index (Phi) is 3.11. The van der Waals surface area contributed by atoms with E-state index in [1.165, 1.54) is 12.8 Å². The number of hydrogen-bond acceptors (Lipinski definition) is 2. The van der Waals surface area contributed by atoms with Crippen LogP contribution in [0.1, 0.15) is 39.2 Å². The first-order chi connectivity index (χ1) is 9.44. The topological polar surface area (TPSA) is 50.4 Å². The number of carbonyl (C=O) groups is 1. The molecule has 2 N–H and O–H groups in total. The first-order valence-corrected chi connectivity index (χ1v) is 7.33. The molecule has 20 heavy (non-hydrogen) atoms. The molecule has 0 unspecified atom stereocenters. The highest BCUT2D eigenvalue weighted by molar-refractivity contribution is 5.91. The molecule has 1 saturated carbocycles. The highest BCUT2D eigenvalue weighted by Crippen LogP contribution is 2.40. The molecule has 0 bridgehead atoms. The standard InChI is InChI=1S/C16H22N2O2/c1-10(11-7-8-11)17-15(19)18-13-6-4-5-12-9-16(2,3)20-14(12)13/h4-6,10-11H,7-9H2,1-3H3,(H2,17,18,19)/t10-/m1/s1. The zero-order valence-corrected chi connectivity index (χ0v) is 12.3. The zero-order chi connectivity index (χ0) is 14.3. The summed E-state index contributed by atoms with van der Waals surface area (Å²) >= 11 is 0. The number of amides is 2. The van der Waals surface area contributed by atoms with Gasteiger partial charge in [0.1, 0.15) is 11.4 Å². The van der Waals surface area contributed by atoms with Crippen molar-refractivity contribution in [1.29, 1.82) is 0 Å². The lowest BCUT2D eigenvalue weighted by Crippen LogP contribution is -2.37. The van der Waals surface area contributed by atoms with Crippen LogP contribution in [-0.2, 0) is 6.42 Å². The first kappa shape index (κ1) is 13.3. The molecule has 108 valence electrons. The molecule has 0 radical (unpaired) electrons. The molecule has 0 spiro atoms. The molecule has 1 aliphatic carbocycles. The summed E-state index contributed by atoms with van der Waals surface area (Å²) in [5, 5.41) is 5.92. The summed E-state index contributed by atoms with van der Waals surface area (Å²) in [5.74, 6) is 1.46. The van der Waals surface area contributed by atoms with Crippen LogP contribution in [-0.4, -0.2) is 17.7 Å². The Morgan fingerprint density at radius 3 is 2.85 bits per heavy atom. The normalized spacial score (nSPS) is 20.8. The van der Waals surface area contributed by atoms with Crippen LogP contribution in [0.25, 0.3) is 0 Å². The number of para-hydroxylation sites is 1. The molecule has 1 heterocycles. The van der Waals surface area contributed by atoms with Gasteiger partial charge in [-0.05, 0) is 45.6 Å². The van der Waals surface area contributed by atoms with Crippen LogP contribution in [0, 0.1) is 5.92 Å². The second kappa shape index (κ2) is 4.69. The number of nitrogens with one attached hydrogen (secondary N) is 2. The maximum atomic E-state index is 12.0. The SMILES string of the molecule is C[C@@H](NC(=O)Nc1cccc2c1OC(C)(C)C2)C1CC1. The van der Waals surface area contributed by atoms with Crippen molar-refractivity contribution in [2.75, 3.05) is 5.32 Å². The Hall–Kier alpha value is -1.71. The van der Waals surface area contributed by atoms with Gasteiger partial charge in [-0.1, -0.05) is 12.1 Å². The third-order valence-corrected chi connectivity index (χ3v) is 4.03. The molecule has 2 amide bonds. The molecular formula is C16H22N2O2. The molecule has 0 aromatic heterocycles. The van der Waals surface area contributed by atoms with E-state index in [4.69, 9.17) is 4.74 Å². The molecule has 4 heteroatoms. The largest absolute Gasteiger partial charge is 0.485 e. The van der Waals surface area contributed by atoms with Crippen LogP contribution < -0.4 is 15.4 Å². The van der Waals surface area contributed by atoms with E-state index in [0.29, 0.717) is 5.92 Å². The van der Waals surface area contributed by atoms with E-state index in [1.807, 2.05) is 12.1 Å². The van der Waals surface area contributed by atoms with Gasteiger partial charge in [-0.25, -0.2) is 4.79 Å². The quantitative estimate of drug-likeness (QED) is 0.888. The smallest absolute Gasteiger partial charge is 0.319 e. The van der Waals surface area contributed by atoms with Crippen molar-refractivity contribution in [2.24, 2.45) is 5.92 Å². The molecule has 1 aromatic carbocycles. The second-order valence-corrected chi connectivity index (χ2v) is 6.56. The minimum Gasteiger partial charge on any atom is -0.485 e. The van der Waals surface area contributed by atoms with E-state index >= 15 is 0 Å². The average Bonchev–Trinajstić information content (AvgIpc) is 3.12. The second-order valence-electron chi connectivity index (χ2n) is 6.56. The number of carbonyl (C=O) groups excluding carboxylic acids is 1. The van der Waals surface area contributed by atoms with Crippen LogP contribution in [0.2, 0.25) is 0 Å². The lowest BCUT2D eigenvalue weighted by molar-refractivity contribution is 0.139. The van der Waals surface area contributed by atoms with E-state index in [-0.39, 0.29) is 17.7 Å². The van der Waals surface area contributed by atoms with Gasteiger partial charge in [0.25, 0.3) is 0 Å². The highest BCUT2D eigenvalue weighted by Gasteiger charge is 2.32. The van der Waals surface area contributed by atoms with Crippen molar-refractivity contribution in [1.82, 2.24) is 5.32 Å². The van der Waals surface area contributed by atoms with E-state index in [2.05, 4.69) is 37.5 Å². The number of anilines is 1. The van der Waals surface area contributed by atoms with Crippen molar-refractivity contribution in [3.8, 4) is 5.75 Å². The Bertz CT molecular complexity index is 535. The molecule has 1 atom stereocenters. The van der Waals surface area contributed by atoms with Crippen LogP contribution in [0.15, 0.2) is 18.2 Å². The molecule has 1 aliphatic heterocycles.